The molecule has 0 N–H and O–H groups in total. The zero-order valence-corrected chi connectivity index (χ0v) is 10.5. The third-order valence-electron chi connectivity index (χ3n) is 3.32. The molecule has 1 aromatic carbocycles. The Kier molecular flexibility index (Phi) is 2.96. The van der Waals surface area contributed by atoms with Crippen molar-refractivity contribution in [2.45, 2.75) is 45.4 Å². The molecule has 1 fully saturated rings. The van der Waals surface area contributed by atoms with Gasteiger partial charge < -0.3 is 0 Å². The van der Waals surface area contributed by atoms with Gasteiger partial charge in [0.1, 0.15) is 0 Å². The van der Waals surface area contributed by atoms with Crippen LogP contribution in [-0.4, -0.2) is 0 Å². The van der Waals surface area contributed by atoms with E-state index >= 15 is 0 Å². The van der Waals surface area contributed by atoms with Crippen molar-refractivity contribution in [3.05, 3.63) is 33.3 Å². The molecule has 2 rings (SSSR count). The second-order valence-corrected chi connectivity index (χ2v) is 5.35. The number of benzene rings is 1. The average molecular weight is 253 g/mol. The van der Waals surface area contributed by atoms with Crippen molar-refractivity contribution in [3.8, 4) is 0 Å². The van der Waals surface area contributed by atoms with Gasteiger partial charge in [-0.15, -0.1) is 0 Å². The van der Waals surface area contributed by atoms with Gasteiger partial charge in [-0.2, -0.15) is 0 Å². The minimum atomic E-state index is 0.836. The highest BCUT2D eigenvalue weighted by Crippen LogP contribution is 2.38. The van der Waals surface area contributed by atoms with E-state index in [0.717, 1.165) is 5.92 Å². The number of hydrogen-bond acceptors (Lipinski definition) is 0. The van der Waals surface area contributed by atoms with Crippen molar-refractivity contribution in [1.29, 1.82) is 0 Å². The normalized spacial score (nSPS) is 17.6. The lowest BCUT2D eigenvalue weighted by atomic mass is 9.90. The molecule has 0 heterocycles. The Labute approximate surface area is 94.8 Å². The van der Waals surface area contributed by atoms with Crippen LogP contribution in [0.15, 0.2) is 16.6 Å². The monoisotopic (exact) mass is 252 g/mol. The maximum atomic E-state index is 3.56. The molecule has 1 aromatic rings. The second-order valence-electron chi connectivity index (χ2n) is 4.43. The standard InChI is InChI=1S/C13H17Br/c1-9-7-12(14)8-10(2)13(9)11-5-3-4-6-11/h7-8,11H,3-6H2,1-2H3. The molecule has 76 valence electrons. The molecule has 0 atom stereocenters. The molecule has 14 heavy (non-hydrogen) atoms. The average Bonchev–Trinajstić information content (AvgIpc) is 2.54. The third-order valence-corrected chi connectivity index (χ3v) is 3.78. The van der Waals surface area contributed by atoms with Crippen molar-refractivity contribution in [1.82, 2.24) is 0 Å². The van der Waals surface area contributed by atoms with Crippen molar-refractivity contribution < 1.29 is 0 Å². The molecule has 0 aliphatic heterocycles. The van der Waals surface area contributed by atoms with Gasteiger partial charge >= 0.3 is 0 Å². The van der Waals surface area contributed by atoms with Crippen LogP contribution in [0.5, 0.6) is 0 Å². The molecule has 1 aliphatic carbocycles. The summed E-state index contributed by atoms with van der Waals surface area (Å²) < 4.78 is 1.22. The van der Waals surface area contributed by atoms with Crippen LogP contribution >= 0.6 is 15.9 Å². The first-order valence-electron chi connectivity index (χ1n) is 5.45. The topological polar surface area (TPSA) is 0 Å². The van der Waals surface area contributed by atoms with Crippen LogP contribution in [0.1, 0.15) is 48.3 Å². The van der Waals surface area contributed by atoms with Gasteiger partial charge in [-0.25, -0.2) is 0 Å². The lowest BCUT2D eigenvalue weighted by Crippen LogP contribution is -1.99. The van der Waals surface area contributed by atoms with E-state index in [-0.39, 0.29) is 0 Å². The molecule has 0 spiro atoms. The van der Waals surface area contributed by atoms with Gasteiger partial charge in [0, 0.05) is 4.47 Å². The van der Waals surface area contributed by atoms with E-state index < -0.39 is 0 Å². The van der Waals surface area contributed by atoms with Gasteiger partial charge in [0.2, 0.25) is 0 Å². The Hall–Kier alpha value is -0.300. The SMILES string of the molecule is Cc1cc(Br)cc(C)c1C1CCCC1. The molecule has 1 heteroatoms. The lowest BCUT2D eigenvalue weighted by Gasteiger charge is -2.16. The fourth-order valence-corrected chi connectivity index (χ4v) is 3.47. The van der Waals surface area contributed by atoms with Crippen LogP contribution in [-0.2, 0) is 0 Å². The molecule has 0 nitrogen and oxygen atoms in total. The number of halogens is 1. The van der Waals surface area contributed by atoms with Gasteiger partial charge in [-0.3, -0.25) is 0 Å². The van der Waals surface area contributed by atoms with Crippen LogP contribution in [0.25, 0.3) is 0 Å². The van der Waals surface area contributed by atoms with E-state index in [1.54, 1.807) is 5.56 Å². The summed E-state index contributed by atoms with van der Waals surface area (Å²) in [5.41, 5.74) is 4.54. The zero-order valence-electron chi connectivity index (χ0n) is 8.94. The van der Waals surface area contributed by atoms with E-state index in [9.17, 15) is 0 Å². The van der Waals surface area contributed by atoms with Crippen molar-refractivity contribution >= 4 is 15.9 Å². The van der Waals surface area contributed by atoms with E-state index in [0.29, 0.717) is 0 Å². The quantitative estimate of drug-likeness (QED) is 0.679. The molecule has 1 saturated carbocycles. The maximum absolute atomic E-state index is 3.56. The molecule has 0 radical (unpaired) electrons. The third kappa shape index (κ3) is 1.88. The number of aryl methyl sites for hydroxylation is 2. The Morgan fingerprint density at radius 1 is 1.07 bits per heavy atom. The summed E-state index contributed by atoms with van der Waals surface area (Å²) in [6.07, 6.45) is 5.62. The highest BCUT2D eigenvalue weighted by molar-refractivity contribution is 9.10. The first-order chi connectivity index (χ1) is 6.68. The number of hydrogen-bond donors (Lipinski definition) is 0. The summed E-state index contributed by atoms with van der Waals surface area (Å²) in [4.78, 5) is 0. The van der Waals surface area contributed by atoms with Crippen molar-refractivity contribution in [2.24, 2.45) is 0 Å². The fraction of sp³-hybridized carbons (Fsp3) is 0.538. The smallest absolute Gasteiger partial charge is 0.0180 e. The first kappa shape index (κ1) is 10.2. The number of rotatable bonds is 1. The maximum Gasteiger partial charge on any atom is 0.0180 e. The van der Waals surface area contributed by atoms with Crippen LogP contribution in [0, 0.1) is 13.8 Å². The molecule has 0 bridgehead atoms. The van der Waals surface area contributed by atoms with Crippen LogP contribution < -0.4 is 0 Å². The van der Waals surface area contributed by atoms with Gasteiger partial charge in [0.05, 0.1) is 0 Å². The largest absolute Gasteiger partial charge is 0.0527 e. The Morgan fingerprint density at radius 3 is 2.07 bits per heavy atom. The summed E-state index contributed by atoms with van der Waals surface area (Å²) in [6.45, 7) is 4.48. The van der Waals surface area contributed by atoms with Crippen LogP contribution in [0.2, 0.25) is 0 Å². The summed E-state index contributed by atoms with van der Waals surface area (Å²) in [6, 6.07) is 4.50. The second kappa shape index (κ2) is 4.06. The zero-order chi connectivity index (χ0) is 10.1. The molecule has 1 aliphatic rings. The van der Waals surface area contributed by atoms with E-state index in [2.05, 4.69) is 41.9 Å². The summed E-state index contributed by atoms with van der Waals surface area (Å²) >= 11 is 3.56. The van der Waals surface area contributed by atoms with Gasteiger partial charge in [0.25, 0.3) is 0 Å². The van der Waals surface area contributed by atoms with Gasteiger partial charge in [0.15, 0.2) is 0 Å². The Morgan fingerprint density at radius 2 is 1.57 bits per heavy atom. The predicted molar refractivity (Wildman–Crippen MR) is 64.8 cm³/mol. The van der Waals surface area contributed by atoms with Crippen molar-refractivity contribution in [2.75, 3.05) is 0 Å². The van der Waals surface area contributed by atoms with Gasteiger partial charge in [-0.1, -0.05) is 28.8 Å². The highest BCUT2D eigenvalue weighted by Gasteiger charge is 2.20. The van der Waals surface area contributed by atoms with E-state index in [1.807, 2.05) is 0 Å². The molecule has 0 saturated heterocycles. The first-order valence-corrected chi connectivity index (χ1v) is 6.24. The molecule has 0 aromatic heterocycles. The molecular formula is C13H17Br. The molecule has 0 unspecified atom stereocenters. The summed E-state index contributed by atoms with van der Waals surface area (Å²) in [5, 5.41) is 0. The van der Waals surface area contributed by atoms with Crippen LogP contribution in [0.4, 0.5) is 0 Å². The fourth-order valence-electron chi connectivity index (χ4n) is 2.78. The molecular weight excluding hydrogens is 236 g/mol. The van der Waals surface area contributed by atoms with Gasteiger partial charge in [-0.05, 0) is 61.4 Å². The Bertz CT molecular complexity index is 312. The highest BCUT2D eigenvalue weighted by atomic mass is 79.9. The minimum absolute atomic E-state index is 0.836. The lowest BCUT2D eigenvalue weighted by molar-refractivity contribution is 0.712. The van der Waals surface area contributed by atoms with Crippen LogP contribution in [0.3, 0.4) is 0 Å². The predicted octanol–water partition coefficient (Wildman–Crippen LogP) is 4.72. The summed E-state index contributed by atoms with van der Waals surface area (Å²) in [5.74, 6) is 0.836. The minimum Gasteiger partial charge on any atom is -0.0527 e. The van der Waals surface area contributed by atoms with Crippen molar-refractivity contribution in [3.63, 3.8) is 0 Å². The van der Waals surface area contributed by atoms with E-state index in [1.165, 1.54) is 41.3 Å². The molecule has 0 amide bonds. The van der Waals surface area contributed by atoms with E-state index in [4.69, 9.17) is 0 Å². The Balaban J connectivity index is 2.40. The summed E-state index contributed by atoms with van der Waals surface area (Å²) in [7, 11) is 0.